The lowest BCUT2D eigenvalue weighted by atomic mass is 10.2. The van der Waals surface area contributed by atoms with Gasteiger partial charge < -0.3 is 4.90 Å². The van der Waals surface area contributed by atoms with Gasteiger partial charge >= 0.3 is 0 Å². The summed E-state index contributed by atoms with van der Waals surface area (Å²) in [5.41, 5.74) is 2.17. The second-order valence-corrected chi connectivity index (χ2v) is 6.09. The number of nitrogens with zero attached hydrogens (tertiary/aromatic N) is 2. The van der Waals surface area contributed by atoms with E-state index in [9.17, 15) is 0 Å². The summed E-state index contributed by atoms with van der Waals surface area (Å²) in [5.74, 6) is 0. The molecule has 1 heterocycles. The van der Waals surface area contributed by atoms with Crippen LogP contribution in [0.25, 0.3) is 5.57 Å². The van der Waals surface area contributed by atoms with Gasteiger partial charge in [-0.15, -0.1) is 11.3 Å². The Morgan fingerprint density at radius 1 is 1.41 bits per heavy atom. The number of hydrogen-bond acceptors (Lipinski definition) is 3. The van der Waals surface area contributed by atoms with E-state index < -0.39 is 0 Å². The molecule has 0 spiro atoms. The predicted octanol–water partition coefficient (Wildman–Crippen LogP) is 6.11. The minimum absolute atomic E-state index is 0.281. The first-order valence-electron chi connectivity index (χ1n) is 7.56. The zero-order chi connectivity index (χ0) is 16.5. The number of rotatable bonds is 8. The molecule has 1 aromatic heterocycles. The molecule has 0 aromatic carbocycles. The Bertz CT molecular complexity index is 590. The quantitative estimate of drug-likeness (QED) is 0.538. The van der Waals surface area contributed by atoms with Gasteiger partial charge in [0, 0.05) is 16.6 Å². The molecule has 22 heavy (non-hydrogen) atoms. The molecule has 0 saturated heterocycles. The van der Waals surface area contributed by atoms with E-state index in [1.54, 1.807) is 11.3 Å². The summed E-state index contributed by atoms with van der Waals surface area (Å²) in [4.78, 5) is 7.98. The molecule has 1 aromatic rings. The van der Waals surface area contributed by atoms with Crippen LogP contribution >= 0.6 is 11.3 Å². The molecule has 0 aliphatic carbocycles. The molecule has 0 aliphatic heterocycles. The maximum absolute atomic E-state index is 4.60. The van der Waals surface area contributed by atoms with Gasteiger partial charge in [0.1, 0.15) is 5.01 Å². The van der Waals surface area contributed by atoms with Crippen LogP contribution in [-0.4, -0.2) is 9.88 Å². The van der Waals surface area contributed by atoms with Crippen molar-refractivity contribution in [3.05, 3.63) is 71.5 Å². The van der Waals surface area contributed by atoms with Gasteiger partial charge in [0.25, 0.3) is 0 Å². The molecule has 0 saturated carbocycles. The number of hydrogen-bond donors (Lipinski definition) is 0. The second kappa shape index (κ2) is 9.21. The summed E-state index contributed by atoms with van der Waals surface area (Å²) in [6.07, 6.45) is 15.1. The highest BCUT2D eigenvalue weighted by Crippen LogP contribution is 2.32. The van der Waals surface area contributed by atoms with Crippen LogP contribution in [0.1, 0.15) is 50.0 Å². The zero-order valence-corrected chi connectivity index (χ0v) is 14.9. The number of thiazole rings is 1. The molecule has 0 aliphatic rings. The largest absolute Gasteiger partial charge is 0.347 e. The summed E-state index contributed by atoms with van der Waals surface area (Å²) >= 11 is 1.74. The van der Waals surface area contributed by atoms with Crippen molar-refractivity contribution < 1.29 is 0 Å². The van der Waals surface area contributed by atoms with E-state index in [4.69, 9.17) is 0 Å². The van der Waals surface area contributed by atoms with Gasteiger partial charge in [-0.05, 0) is 39.6 Å². The SMILES string of the molecule is C=CN(/C=C\C)C(CC)c1cnc(C(=CC)/C=C\C(=C)C)s1. The van der Waals surface area contributed by atoms with E-state index in [0.717, 1.165) is 22.6 Å². The molecule has 0 radical (unpaired) electrons. The molecule has 0 bridgehead atoms. The lowest BCUT2D eigenvalue weighted by Gasteiger charge is -2.24. The minimum atomic E-state index is 0.281. The monoisotopic (exact) mass is 314 g/mol. The Kier molecular flexibility index (Phi) is 7.61. The lowest BCUT2D eigenvalue weighted by Crippen LogP contribution is -2.15. The van der Waals surface area contributed by atoms with Gasteiger partial charge in [-0.3, -0.25) is 0 Å². The van der Waals surface area contributed by atoms with Crippen molar-refractivity contribution in [3.63, 3.8) is 0 Å². The van der Waals surface area contributed by atoms with Crippen molar-refractivity contribution in [3.8, 4) is 0 Å². The van der Waals surface area contributed by atoms with Crippen molar-refractivity contribution >= 4 is 16.9 Å². The van der Waals surface area contributed by atoms with Crippen LogP contribution in [0.5, 0.6) is 0 Å². The topological polar surface area (TPSA) is 16.1 Å². The van der Waals surface area contributed by atoms with Crippen molar-refractivity contribution in [2.45, 2.75) is 40.2 Å². The lowest BCUT2D eigenvalue weighted by molar-refractivity contribution is 0.369. The summed E-state index contributed by atoms with van der Waals surface area (Å²) in [5, 5.41) is 1.04. The van der Waals surface area contributed by atoms with Gasteiger partial charge in [-0.2, -0.15) is 0 Å². The maximum atomic E-state index is 4.60. The van der Waals surface area contributed by atoms with Crippen LogP contribution in [-0.2, 0) is 0 Å². The van der Waals surface area contributed by atoms with Crippen LogP contribution < -0.4 is 0 Å². The van der Waals surface area contributed by atoms with E-state index in [2.05, 4.69) is 48.3 Å². The third-order valence-corrected chi connectivity index (χ3v) is 4.38. The van der Waals surface area contributed by atoms with E-state index in [0.29, 0.717) is 0 Å². The van der Waals surface area contributed by atoms with E-state index in [1.165, 1.54) is 4.88 Å². The molecule has 2 nitrogen and oxygen atoms in total. The van der Waals surface area contributed by atoms with Crippen molar-refractivity contribution in [2.24, 2.45) is 0 Å². The van der Waals surface area contributed by atoms with Gasteiger partial charge in [0.2, 0.25) is 0 Å². The Morgan fingerprint density at radius 2 is 2.14 bits per heavy atom. The number of allylic oxidation sites excluding steroid dienone is 6. The summed E-state index contributed by atoms with van der Waals surface area (Å²) in [6.45, 7) is 16.0. The van der Waals surface area contributed by atoms with Crippen molar-refractivity contribution in [1.82, 2.24) is 9.88 Å². The second-order valence-electron chi connectivity index (χ2n) is 5.03. The summed E-state index contributed by atoms with van der Waals surface area (Å²) in [6, 6.07) is 0.281. The fourth-order valence-electron chi connectivity index (χ4n) is 2.12. The van der Waals surface area contributed by atoms with Gasteiger partial charge in [-0.1, -0.05) is 50.0 Å². The number of aromatic nitrogens is 1. The van der Waals surface area contributed by atoms with Crippen LogP contribution in [0.2, 0.25) is 0 Å². The molecule has 1 atom stereocenters. The Morgan fingerprint density at radius 3 is 2.64 bits per heavy atom. The maximum Gasteiger partial charge on any atom is 0.123 e. The average Bonchev–Trinajstić information content (AvgIpc) is 2.97. The smallest absolute Gasteiger partial charge is 0.123 e. The van der Waals surface area contributed by atoms with Gasteiger partial charge in [0.15, 0.2) is 0 Å². The predicted molar refractivity (Wildman–Crippen MR) is 99.6 cm³/mol. The third kappa shape index (κ3) is 4.85. The third-order valence-electron chi connectivity index (χ3n) is 3.24. The minimum Gasteiger partial charge on any atom is -0.347 e. The Balaban J connectivity index is 3.07. The molecule has 0 amide bonds. The van der Waals surface area contributed by atoms with E-state index in [1.807, 2.05) is 45.3 Å². The van der Waals surface area contributed by atoms with Crippen LogP contribution in [0.4, 0.5) is 0 Å². The van der Waals surface area contributed by atoms with E-state index >= 15 is 0 Å². The van der Waals surface area contributed by atoms with Gasteiger partial charge in [-0.25, -0.2) is 4.98 Å². The first kappa shape index (κ1) is 18.2. The normalized spacial score (nSPS) is 13.7. The Labute approximate surface area is 138 Å². The molecular weight excluding hydrogens is 288 g/mol. The summed E-state index contributed by atoms with van der Waals surface area (Å²) in [7, 11) is 0. The first-order chi connectivity index (χ1) is 10.6. The van der Waals surface area contributed by atoms with E-state index in [-0.39, 0.29) is 6.04 Å². The molecule has 0 fully saturated rings. The fraction of sp³-hybridized carbons (Fsp3) is 0.316. The first-order valence-corrected chi connectivity index (χ1v) is 8.37. The highest BCUT2D eigenvalue weighted by molar-refractivity contribution is 7.12. The molecule has 0 N–H and O–H groups in total. The highest BCUT2D eigenvalue weighted by atomic mass is 32.1. The Hall–Kier alpha value is -1.87. The molecule has 1 rings (SSSR count). The molecular formula is C19H26N2S. The fourth-order valence-corrected chi connectivity index (χ4v) is 3.28. The van der Waals surface area contributed by atoms with Gasteiger partial charge in [0.05, 0.1) is 6.04 Å². The van der Waals surface area contributed by atoms with Crippen molar-refractivity contribution in [1.29, 1.82) is 0 Å². The van der Waals surface area contributed by atoms with Crippen LogP contribution in [0.3, 0.4) is 0 Å². The zero-order valence-electron chi connectivity index (χ0n) is 14.0. The molecule has 118 valence electrons. The van der Waals surface area contributed by atoms with Crippen LogP contribution in [0.15, 0.2) is 61.6 Å². The molecule has 3 heteroatoms. The molecule has 1 unspecified atom stereocenters. The van der Waals surface area contributed by atoms with Crippen molar-refractivity contribution in [2.75, 3.05) is 0 Å². The average molecular weight is 314 g/mol. The summed E-state index contributed by atoms with van der Waals surface area (Å²) < 4.78 is 0. The van der Waals surface area contributed by atoms with Crippen LogP contribution in [0, 0.1) is 0 Å². The highest BCUT2D eigenvalue weighted by Gasteiger charge is 2.17. The standard InChI is InChI=1S/C19H26N2S/c1-7-13-21(10-4)17(9-3)18-14-20-19(22-18)16(8-2)12-11-15(5)6/h7-8,10-14,17H,4-5,9H2,1-3,6H3/b12-11-,13-7-,16-8?.